The third-order valence-corrected chi connectivity index (χ3v) is 4.63. The second-order valence-corrected chi connectivity index (χ2v) is 6.10. The first kappa shape index (κ1) is 12.6. The number of fused-ring (bicyclic) bond motifs is 1. The van der Waals surface area contributed by atoms with Crippen molar-refractivity contribution in [1.82, 2.24) is 10.3 Å². The zero-order valence-electron chi connectivity index (χ0n) is 10.6. The van der Waals surface area contributed by atoms with Gasteiger partial charge in [0.25, 0.3) is 5.91 Å². The molecule has 0 spiro atoms. The van der Waals surface area contributed by atoms with Gasteiger partial charge in [0.05, 0.1) is 10.2 Å². The summed E-state index contributed by atoms with van der Waals surface area (Å²) in [6.07, 6.45) is 3.92. The van der Waals surface area contributed by atoms with E-state index in [4.69, 9.17) is 5.73 Å². The third kappa shape index (κ3) is 2.77. The minimum atomic E-state index is -0.0540. The first-order valence-corrected chi connectivity index (χ1v) is 7.46. The number of aromatic nitrogens is 1. The molecule has 0 radical (unpaired) electrons. The molecule has 4 nitrogen and oxygen atoms in total. The van der Waals surface area contributed by atoms with E-state index in [0.717, 1.165) is 35.9 Å². The highest BCUT2D eigenvalue weighted by Crippen LogP contribution is 2.22. The van der Waals surface area contributed by atoms with Gasteiger partial charge in [0.1, 0.15) is 0 Å². The average molecular weight is 275 g/mol. The van der Waals surface area contributed by atoms with E-state index in [0.29, 0.717) is 11.0 Å². The number of carbonyl (C=O) groups excluding carboxylic acids is 1. The van der Waals surface area contributed by atoms with Gasteiger partial charge >= 0.3 is 0 Å². The summed E-state index contributed by atoms with van der Waals surface area (Å²) in [6, 6.07) is 8.37. The maximum atomic E-state index is 12.2. The molecule has 1 amide bonds. The normalized spacial score (nSPS) is 23.4. The van der Waals surface area contributed by atoms with Crippen molar-refractivity contribution in [2.45, 2.75) is 37.8 Å². The van der Waals surface area contributed by atoms with Gasteiger partial charge in [-0.15, -0.1) is 11.3 Å². The van der Waals surface area contributed by atoms with Gasteiger partial charge in [-0.3, -0.25) is 4.79 Å². The topological polar surface area (TPSA) is 68.0 Å². The molecule has 3 N–H and O–H groups in total. The number of hydrogen-bond donors (Lipinski definition) is 2. The summed E-state index contributed by atoms with van der Waals surface area (Å²) in [7, 11) is 0. The fraction of sp³-hybridized carbons (Fsp3) is 0.429. The average Bonchev–Trinajstić information content (AvgIpc) is 2.85. The molecule has 1 heterocycles. The van der Waals surface area contributed by atoms with Crippen LogP contribution in [0, 0.1) is 0 Å². The number of rotatable bonds is 2. The van der Waals surface area contributed by atoms with Gasteiger partial charge in [-0.2, -0.15) is 0 Å². The van der Waals surface area contributed by atoms with Gasteiger partial charge in [-0.1, -0.05) is 12.1 Å². The smallest absolute Gasteiger partial charge is 0.280 e. The van der Waals surface area contributed by atoms with Crippen LogP contribution >= 0.6 is 11.3 Å². The summed E-state index contributed by atoms with van der Waals surface area (Å²) in [4.78, 5) is 16.5. The summed E-state index contributed by atoms with van der Waals surface area (Å²) in [5, 5.41) is 3.62. The van der Waals surface area contributed by atoms with Crippen LogP contribution in [-0.2, 0) is 0 Å². The maximum Gasteiger partial charge on any atom is 0.280 e. The number of para-hydroxylation sites is 1. The number of thiazole rings is 1. The lowest BCUT2D eigenvalue weighted by molar-refractivity contribution is 0.0925. The monoisotopic (exact) mass is 275 g/mol. The van der Waals surface area contributed by atoms with Gasteiger partial charge < -0.3 is 11.1 Å². The van der Waals surface area contributed by atoms with E-state index >= 15 is 0 Å². The van der Waals surface area contributed by atoms with Crippen LogP contribution in [0.1, 0.15) is 35.5 Å². The first-order chi connectivity index (χ1) is 9.22. The third-order valence-electron chi connectivity index (χ3n) is 3.60. The molecule has 0 unspecified atom stereocenters. The molecule has 1 aliphatic rings. The Morgan fingerprint density at radius 2 is 2.00 bits per heavy atom. The van der Waals surface area contributed by atoms with Crippen LogP contribution in [-0.4, -0.2) is 23.0 Å². The first-order valence-electron chi connectivity index (χ1n) is 6.64. The summed E-state index contributed by atoms with van der Waals surface area (Å²) < 4.78 is 1.05. The van der Waals surface area contributed by atoms with Crippen LogP contribution < -0.4 is 11.1 Å². The Balaban J connectivity index is 1.70. The lowest BCUT2D eigenvalue weighted by atomic mass is 9.92. The van der Waals surface area contributed by atoms with Crippen molar-refractivity contribution in [2.75, 3.05) is 0 Å². The highest BCUT2D eigenvalue weighted by Gasteiger charge is 2.21. The van der Waals surface area contributed by atoms with Crippen molar-refractivity contribution >= 4 is 27.5 Å². The van der Waals surface area contributed by atoms with E-state index in [1.54, 1.807) is 0 Å². The Morgan fingerprint density at radius 3 is 2.74 bits per heavy atom. The zero-order valence-corrected chi connectivity index (χ0v) is 11.5. The summed E-state index contributed by atoms with van der Waals surface area (Å²) in [5.41, 5.74) is 6.76. The molecule has 1 fully saturated rings. The number of amides is 1. The molecule has 2 aromatic rings. The Hall–Kier alpha value is -1.46. The molecule has 19 heavy (non-hydrogen) atoms. The molecule has 100 valence electrons. The van der Waals surface area contributed by atoms with Gasteiger partial charge in [-0.25, -0.2) is 4.98 Å². The van der Waals surface area contributed by atoms with E-state index in [9.17, 15) is 4.79 Å². The van der Waals surface area contributed by atoms with Crippen LogP contribution in [0.4, 0.5) is 0 Å². The van der Waals surface area contributed by atoms with Crippen molar-refractivity contribution in [1.29, 1.82) is 0 Å². The minimum absolute atomic E-state index is 0.0540. The van der Waals surface area contributed by atoms with Gasteiger partial charge in [-0.05, 0) is 37.8 Å². The summed E-state index contributed by atoms with van der Waals surface area (Å²) >= 11 is 1.45. The number of benzene rings is 1. The summed E-state index contributed by atoms with van der Waals surface area (Å²) in [6.45, 7) is 0. The lowest BCUT2D eigenvalue weighted by Gasteiger charge is -2.26. The molecule has 5 heteroatoms. The van der Waals surface area contributed by atoms with Gasteiger partial charge in [0.2, 0.25) is 0 Å². The Morgan fingerprint density at radius 1 is 1.26 bits per heavy atom. The van der Waals surface area contributed by atoms with Crippen LogP contribution in [0.5, 0.6) is 0 Å². The number of hydrogen-bond acceptors (Lipinski definition) is 4. The fourth-order valence-corrected chi connectivity index (χ4v) is 3.35. The maximum absolute atomic E-state index is 12.2. The molecule has 1 aromatic carbocycles. The number of carbonyl (C=O) groups is 1. The molecule has 3 rings (SSSR count). The second kappa shape index (κ2) is 5.27. The standard InChI is InChI=1S/C14H17N3OS/c15-9-5-7-10(8-6-9)16-13(18)14-17-11-3-1-2-4-12(11)19-14/h1-4,9-10H,5-8,15H2,(H,16,18). The lowest BCUT2D eigenvalue weighted by Crippen LogP contribution is -2.40. The highest BCUT2D eigenvalue weighted by atomic mass is 32.1. The molecule has 0 saturated heterocycles. The quantitative estimate of drug-likeness (QED) is 0.883. The Kier molecular flexibility index (Phi) is 3.48. The molecule has 0 atom stereocenters. The van der Waals surface area contributed by atoms with Crippen molar-refractivity contribution in [3.63, 3.8) is 0 Å². The Bertz CT molecular complexity index is 554. The number of nitrogens with one attached hydrogen (secondary N) is 1. The summed E-state index contributed by atoms with van der Waals surface area (Å²) in [5.74, 6) is -0.0540. The molecule has 0 aliphatic heterocycles. The Labute approximate surface area is 116 Å². The minimum Gasteiger partial charge on any atom is -0.347 e. The largest absolute Gasteiger partial charge is 0.347 e. The van der Waals surface area contributed by atoms with Crippen molar-refractivity contribution in [2.24, 2.45) is 5.73 Å². The van der Waals surface area contributed by atoms with Crippen LogP contribution in [0.25, 0.3) is 10.2 Å². The van der Waals surface area contributed by atoms with Crippen molar-refractivity contribution in [3.05, 3.63) is 29.3 Å². The fourth-order valence-electron chi connectivity index (χ4n) is 2.48. The van der Waals surface area contributed by atoms with E-state index in [2.05, 4.69) is 10.3 Å². The van der Waals surface area contributed by atoms with E-state index < -0.39 is 0 Å². The molecule has 1 saturated carbocycles. The highest BCUT2D eigenvalue weighted by molar-refractivity contribution is 7.20. The van der Waals surface area contributed by atoms with E-state index in [1.165, 1.54) is 11.3 Å². The van der Waals surface area contributed by atoms with Gasteiger partial charge in [0, 0.05) is 12.1 Å². The van der Waals surface area contributed by atoms with Crippen LogP contribution in [0.2, 0.25) is 0 Å². The number of nitrogens with two attached hydrogens (primary N) is 1. The second-order valence-electron chi connectivity index (χ2n) is 5.07. The van der Waals surface area contributed by atoms with Crippen LogP contribution in [0.15, 0.2) is 24.3 Å². The number of nitrogens with zero attached hydrogens (tertiary/aromatic N) is 1. The van der Waals surface area contributed by atoms with E-state index in [1.807, 2.05) is 24.3 Å². The van der Waals surface area contributed by atoms with Crippen molar-refractivity contribution < 1.29 is 4.79 Å². The van der Waals surface area contributed by atoms with E-state index in [-0.39, 0.29) is 11.9 Å². The predicted octanol–water partition coefficient (Wildman–Crippen LogP) is 2.30. The molecular weight excluding hydrogens is 258 g/mol. The zero-order chi connectivity index (χ0) is 13.2. The van der Waals surface area contributed by atoms with Crippen LogP contribution in [0.3, 0.4) is 0 Å². The van der Waals surface area contributed by atoms with Gasteiger partial charge in [0.15, 0.2) is 5.01 Å². The molecule has 0 bridgehead atoms. The predicted molar refractivity (Wildman–Crippen MR) is 77.3 cm³/mol. The molecular formula is C14H17N3OS. The molecule has 1 aromatic heterocycles. The molecule has 1 aliphatic carbocycles. The van der Waals surface area contributed by atoms with Crippen molar-refractivity contribution in [3.8, 4) is 0 Å². The SMILES string of the molecule is NC1CCC(NC(=O)c2nc3ccccc3s2)CC1.